The Labute approximate surface area is 140 Å². The lowest BCUT2D eigenvalue weighted by Crippen LogP contribution is -2.19. The van der Waals surface area contributed by atoms with E-state index in [1.807, 2.05) is 0 Å². The molecule has 0 radical (unpaired) electrons. The van der Waals surface area contributed by atoms with Crippen LogP contribution in [0.2, 0.25) is 0 Å². The van der Waals surface area contributed by atoms with E-state index in [9.17, 15) is 22.8 Å². The zero-order chi connectivity index (χ0) is 18.6. The van der Waals surface area contributed by atoms with Gasteiger partial charge in [-0.3, -0.25) is 9.48 Å². The summed E-state index contributed by atoms with van der Waals surface area (Å²) in [4.78, 5) is 24.0. The molecule has 1 heterocycles. The predicted molar refractivity (Wildman–Crippen MR) is 80.5 cm³/mol. The zero-order valence-electron chi connectivity index (χ0n) is 13.3. The third kappa shape index (κ3) is 4.72. The lowest BCUT2D eigenvalue weighted by molar-refractivity contribution is -0.153. The minimum Gasteiger partial charge on any atom is -0.484 e. The number of nitrogens with one attached hydrogen (secondary N) is 1. The molecule has 0 aliphatic carbocycles. The lowest BCUT2D eigenvalue weighted by Gasteiger charge is -2.10. The number of rotatable bonds is 5. The van der Waals surface area contributed by atoms with Gasteiger partial charge in [0.1, 0.15) is 5.75 Å². The number of methoxy groups -OCH3 is 1. The van der Waals surface area contributed by atoms with E-state index in [4.69, 9.17) is 0 Å². The van der Waals surface area contributed by atoms with Crippen molar-refractivity contribution < 1.29 is 32.2 Å². The first-order chi connectivity index (χ1) is 11.7. The largest absolute Gasteiger partial charge is 0.484 e. The molecule has 0 saturated carbocycles. The summed E-state index contributed by atoms with van der Waals surface area (Å²) in [6.07, 6.45) is -3.22. The van der Waals surface area contributed by atoms with Gasteiger partial charge in [-0.2, -0.15) is 18.3 Å². The summed E-state index contributed by atoms with van der Waals surface area (Å²) >= 11 is 0. The average Bonchev–Trinajstić information content (AvgIpc) is 2.92. The van der Waals surface area contributed by atoms with Gasteiger partial charge in [0.15, 0.2) is 12.3 Å². The van der Waals surface area contributed by atoms with E-state index in [0.29, 0.717) is 0 Å². The molecular weight excluding hydrogens is 343 g/mol. The van der Waals surface area contributed by atoms with Crippen LogP contribution in [-0.2, 0) is 11.8 Å². The Morgan fingerprint density at radius 3 is 2.68 bits per heavy atom. The molecule has 7 nitrogen and oxygen atoms in total. The molecule has 0 saturated heterocycles. The first-order valence-corrected chi connectivity index (χ1v) is 6.92. The zero-order valence-corrected chi connectivity index (χ0v) is 13.3. The average molecular weight is 357 g/mol. The maximum Gasteiger partial charge on any atom is 0.422 e. The van der Waals surface area contributed by atoms with Gasteiger partial charge in [0.2, 0.25) is 0 Å². The van der Waals surface area contributed by atoms with Gasteiger partial charge in [0.25, 0.3) is 5.91 Å². The number of esters is 1. The number of ether oxygens (including phenoxy) is 2. The highest BCUT2D eigenvalue weighted by Crippen LogP contribution is 2.21. The molecule has 134 valence electrons. The number of halogens is 3. The number of hydrogen-bond acceptors (Lipinski definition) is 5. The first kappa shape index (κ1) is 18.3. The number of anilines is 1. The second-order valence-electron chi connectivity index (χ2n) is 4.91. The van der Waals surface area contributed by atoms with Crippen molar-refractivity contribution in [1.29, 1.82) is 0 Å². The summed E-state index contributed by atoms with van der Waals surface area (Å²) in [5.74, 6) is -1.45. The first-order valence-electron chi connectivity index (χ1n) is 6.92. The van der Waals surface area contributed by atoms with Gasteiger partial charge in [-0.1, -0.05) is 6.07 Å². The van der Waals surface area contributed by atoms with Crippen LogP contribution in [0.25, 0.3) is 0 Å². The third-order valence-electron chi connectivity index (χ3n) is 3.06. The molecule has 1 amide bonds. The second-order valence-corrected chi connectivity index (χ2v) is 4.91. The molecule has 0 bridgehead atoms. The fourth-order valence-corrected chi connectivity index (χ4v) is 1.95. The summed E-state index contributed by atoms with van der Waals surface area (Å²) in [6.45, 7) is -1.47. The van der Waals surface area contributed by atoms with E-state index in [2.05, 4.69) is 19.9 Å². The van der Waals surface area contributed by atoms with Crippen molar-refractivity contribution in [1.82, 2.24) is 9.78 Å². The minimum atomic E-state index is -4.48. The van der Waals surface area contributed by atoms with Gasteiger partial charge in [-0.15, -0.1) is 0 Å². The maximum atomic E-state index is 12.3. The molecular formula is C15H14F3N3O4. The summed E-state index contributed by atoms with van der Waals surface area (Å²) in [5.41, 5.74) is 0.195. The Kier molecular flexibility index (Phi) is 5.30. The van der Waals surface area contributed by atoms with Crippen LogP contribution < -0.4 is 10.1 Å². The molecule has 1 N–H and O–H groups in total. The SMILES string of the molecule is COC(=O)c1c(NC(=O)c2cccc(OCC(F)(F)F)c2)cnn1C. The monoisotopic (exact) mass is 357 g/mol. The maximum absolute atomic E-state index is 12.3. The smallest absolute Gasteiger partial charge is 0.422 e. The minimum absolute atomic E-state index is 0.0281. The molecule has 0 aliphatic rings. The number of amides is 1. The molecule has 0 fully saturated rings. The van der Waals surface area contributed by atoms with E-state index in [1.165, 1.54) is 43.2 Å². The molecule has 0 atom stereocenters. The van der Waals surface area contributed by atoms with Crippen LogP contribution in [0.1, 0.15) is 20.8 Å². The number of aryl methyl sites for hydroxylation is 1. The van der Waals surface area contributed by atoms with Crippen LogP contribution in [0.5, 0.6) is 5.75 Å². The summed E-state index contributed by atoms with van der Waals surface area (Å²) in [6, 6.07) is 5.23. The number of carbonyl (C=O) groups is 2. The fourth-order valence-electron chi connectivity index (χ4n) is 1.95. The number of alkyl halides is 3. The highest BCUT2D eigenvalue weighted by Gasteiger charge is 2.28. The number of benzene rings is 1. The lowest BCUT2D eigenvalue weighted by atomic mass is 10.2. The van der Waals surface area contributed by atoms with Crippen LogP contribution in [0, 0.1) is 0 Å². The van der Waals surface area contributed by atoms with Gasteiger partial charge >= 0.3 is 12.1 Å². The third-order valence-corrected chi connectivity index (χ3v) is 3.06. The standard InChI is InChI=1S/C15H14F3N3O4/c1-21-12(14(23)24-2)11(7-19-21)20-13(22)9-4-3-5-10(6-9)25-8-15(16,17)18/h3-7H,8H2,1-2H3,(H,20,22). The van der Waals surface area contributed by atoms with E-state index < -0.39 is 24.7 Å². The van der Waals surface area contributed by atoms with Gasteiger partial charge < -0.3 is 14.8 Å². The molecule has 2 rings (SSSR count). The Balaban J connectivity index is 2.15. The second kappa shape index (κ2) is 7.24. The molecule has 10 heteroatoms. The van der Waals surface area contributed by atoms with Crippen molar-refractivity contribution in [2.45, 2.75) is 6.18 Å². The van der Waals surface area contributed by atoms with Gasteiger partial charge in [-0.05, 0) is 18.2 Å². The van der Waals surface area contributed by atoms with Crippen LogP contribution in [0.4, 0.5) is 18.9 Å². The van der Waals surface area contributed by atoms with E-state index >= 15 is 0 Å². The van der Waals surface area contributed by atoms with Gasteiger partial charge in [-0.25, -0.2) is 4.79 Å². The van der Waals surface area contributed by atoms with Gasteiger partial charge in [0, 0.05) is 12.6 Å². The van der Waals surface area contributed by atoms with E-state index in [1.54, 1.807) is 0 Å². The van der Waals surface area contributed by atoms with Crippen LogP contribution in [0.3, 0.4) is 0 Å². The van der Waals surface area contributed by atoms with Crippen molar-refractivity contribution in [2.24, 2.45) is 7.05 Å². The summed E-state index contributed by atoms with van der Waals surface area (Å²) in [5, 5.41) is 6.32. The number of nitrogens with zero attached hydrogens (tertiary/aromatic N) is 2. The topological polar surface area (TPSA) is 82.4 Å². The van der Waals surface area contributed by atoms with Crippen molar-refractivity contribution in [3.8, 4) is 5.75 Å². The molecule has 0 aliphatic heterocycles. The van der Waals surface area contributed by atoms with Crippen molar-refractivity contribution in [2.75, 3.05) is 19.0 Å². The fraction of sp³-hybridized carbons (Fsp3) is 0.267. The Morgan fingerprint density at radius 1 is 1.32 bits per heavy atom. The van der Waals surface area contributed by atoms with E-state index in [-0.39, 0.29) is 22.7 Å². The van der Waals surface area contributed by atoms with Crippen LogP contribution in [-0.4, -0.2) is 41.5 Å². The molecule has 25 heavy (non-hydrogen) atoms. The number of aromatic nitrogens is 2. The normalized spacial score (nSPS) is 11.1. The predicted octanol–water partition coefficient (Wildman–Crippen LogP) is 2.40. The highest BCUT2D eigenvalue weighted by molar-refractivity contribution is 6.07. The molecule has 0 unspecified atom stereocenters. The molecule has 1 aromatic carbocycles. The van der Waals surface area contributed by atoms with Crippen molar-refractivity contribution in [3.05, 3.63) is 41.7 Å². The van der Waals surface area contributed by atoms with E-state index in [0.717, 1.165) is 6.07 Å². The quantitative estimate of drug-likeness (QED) is 0.831. The van der Waals surface area contributed by atoms with Crippen molar-refractivity contribution >= 4 is 17.6 Å². The van der Waals surface area contributed by atoms with Gasteiger partial charge in [0.05, 0.1) is 19.0 Å². The molecule has 0 spiro atoms. The Bertz CT molecular complexity index is 787. The summed E-state index contributed by atoms with van der Waals surface area (Å²) in [7, 11) is 2.68. The highest BCUT2D eigenvalue weighted by atomic mass is 19.4. The van der Waals surface area contributed by atoms with Crippen molar-refractivity contribution in [3.63, 3.8) is 0 Å². The number of hydrogen-bond donors (Lipinski definition) is 1. The summed E-state index contributed by atoms with van der Waals surface area (Å²) < 4.78 is 47.0. The molecule has 2 aromatic rings. The Morgan fingerprint density at radius 2 is 2.04 bits per heavy atom. The Hall–Kier alpha value is -3.04. The molecule has 1 aromatic heterocycles. The number of carbonyl (C=O) groups excluding carboxylic acids is 2. The van der Waals surface area contributed by atoms with Crippen LogP contribution >= 0.6 is 0 Å². The van der Waals surface area contributed by atoms with Crippen LogP contribution in [0.15, 0.2) is 30.5 Å².